The smallest absolute Gasteiger partial charge is 0.223 e. The SMILES string of the molecule is CC(C)(C)c1ccc(-c2ccc(C(C)(C)C)cc2)cc1.COOS(=O)(=O)C(F)(F)C(F)(F)C(F)(F)C(F)(F)F. The molecule has 0 saturated carbocycles. The number of halogens is 9. The van der Waals surface area contributed by atoms with Crippen molar-refractivity contribution < 1.29 is 57.2 Å². The van der Waals surface area contributed by atoms with Crippen LogP contribution in [0, 0.1) is 0 Å². The first-order chi connectivity index (χ1) is 17.2. The van der Waals surface area contributed by atoms with Crippen molar-refractivity contribution in [3.8, 4) is 11.1 Å². The van der Waals surface area contributed by atoms with Crippen LogP contribution in [0.5, 0.6) is 0 Å². The average Bonchev–Trinajstić information content (AvgIpc) is 2.77. The summed E-state index contributed by atoms with van der Waals surface area (Å²) in [4.78, 5) is 3.06. The molecule has 0 amide bonds. The zero-order valence-corrected chi connectivity index (χ0v) is 22.9. The number of benzene rings is 2. The predicted octanol–water partition coefficient (Wildman–Crippen LogP) is 8.27. The van der Waals surface area contributed by atoms with Crippen LogP contribution in [-0.4, -0.2) is 38.8 Å². The van der Waals surface area contributed by atoms with Gasteiger partial charge in [0, 0.05) is 0 Å². The lowest BCUT2D eigenvalue weighted by Crippen LogP contribution is -2.63. The summed E-state index contributed by atoms with van der Waals surface area (Å²) < 4.78 is 133. The number of rotatable bonds is 6. The third kappa shape index (κ3) is 7.46. The van der Waals surface area contributed by atoms with Gasteiger partial charge in [0.05, 0.1) is 7.11 Å². The Balaban J connectivity index is 0.000000391. The van der Waals surface area contributed by atoms with Gasteiger partial charge in [-0.05, 0) is 33.1 Å². The fraction of sp³-hybridized carbons (Fsp3) is 0.520. The molecule has 0 N–H and O–H groups in total. The quantitative estimate of drug-likeness (QED) is 0.191. The molecule has 0 aliphatic carbocycles. The van der Waals surface area contributed by atoms with Gasteiger partial charge in [-0.25, -0.2) is 4.89 Å². The van der Waals surface area contributed by atoms with Gasteiger partial charge in [0.25, 0.3) is 0 Å². The summed E-state index contributed by atoms with van der Waals surface area (Å²) in [6, 6.07) is 17.9. The van der Waals surface area contributed by atoms with Crippen LogP contribution in [0.2, 0.25) is 0 Å². The second-order valence-electron chi connectivity index (χ2n) is 10.5. The normalized spacial score (nSPS) is 14.1. The zero-order chi connectivity index (χ0) is 30.9. The molecule has 0 aromatic heterocycles. The molecule has 2 rings (SSSR count). The number of alkyl halides is 9. The second kappa shape index (κ2) is 11.3. The van der Waals surface area contributed by atoms with Gasteiger partial charge in [-0.1, -0.05) is 90.1 Å². The molecule has 222 valence electrons. The molecule has 4 nitrogen and oxygen atoms in total. The van der Waals surface area contributed by atoms with Gasteiger partial charge in [-0.2, -0.15) is 47.9 Å². The van der Waals surface area contributed by atoms with Crippen molar-refractivity contribution in [1.29, 1.82) is 0 Å². The molecule has 0 spiro atoms. The first-order valence-electron chi connectivity index (χ1n) is 11.1. The molecule has 39 heavy (non-hydrogen) atoms. The van der Waals surface area contributed by atoms with Crippen LogP contribution in [0.4, 0.5) is 39.5 Å². The van der Waals surface area contributed by atoms with E-state index >= 15 is 0 Å². The van der Waals surface area contributed by atoms with Gasteiger partial charge >= 0.3 is 33.4 Å². The molecular weight excluding hydrogens is 567 g/mol. The zero-order valence-electron chi connectivity index (χ0n) is 22.1. The highest BCUT2D eigenvalue weighted by atomic mass is 32.2. The summed E-state index contributed by atoms with van der Waals surface area (Å²) in [6.45, 7) is 13.5. The molecule has 0 fully saturated rings. The standard InChI is InChI=1S/C20H26.C5H3F9O4S/c1-19(2,3)17-11-7-15(8-12-17)16-9-13-18(14-10-16)20(4,5)6;1-17-18-19(15,16)5(13,14)3(8,9)2(6,7)4(10,11)12/h7-14H,1-6H3;1H3. The molecule has 0 aliphatic rings. The fourth-order valence-electron chi connectivity index (χ4n) is 2.98. The highest BCUT2D eigenvalue weighted by molar-refractivity contribution is 7.87. The van der Waals surface area contributed by atoms with Crippen LogP contribution in [0.1, 0.15) is 52.7 Å². The third-order valence-corrected chi connectivity index (χ3v) is 6.62. The van der Waals surface area contributed by atoms with Crippen LogP contribution in [0.25, 0.3) is 11.1 Å². The molecule has 0 atom stereocenters. The maximum atomic E-state index is 12.7. The summed E-state index contributed by atoms with van der Waals surface area (Å²) in [6.07, 6.45) is -7.12. The van der Waals surface area contributed by atoms with Gasteiger partial charge in [0.15, 0.2) is 0 Å². The van der Waals surface area contributed by atoms with E-state index in [2.05, 4.69) is 99.3 Å². The van der Waals surface area contributed by atoms with Crippen molar-refractivity contribution in [1.82, 2.24) is 0 Å². The average molecular weight is 597 g/mol. The molecule has 2 aromatic carbocycles. The summed E-state index contributed by atoms with van der Waals surface area (Å²) in [5.41, 5.74) is 5.78. The highest BCUT2D eigenvalue weighted by Gasteiger charge is 2.86. The fourth-order valence-corrected chi connectivity index (χ4v) is 3.68. The van der Waals surface area contributed by atoms with E-state index in [0.29, 0.717) is 0 Å². The Labute approximate surface area is 221 Å². The van der Waals surface area contributed by atoms with E-state index in [9.17, 15) is 47.9 Å². The van der Waals surface area contributed by atoms with Crippen molar-refractivity contribution in [2.24, 2.45) is 0 Å². The minimum atomic E-state index is -7.33. The molecule has 14 heteroatoms. The van der Waals surface area contributed by atoms with E-state index in [-0.39, 0.29) is 17.9 Å². The van der Waals surface area contributed by atoms with Crippen LogP contribution in [-0.2, 0) is 30.2 Å². The molecule has 2 aromatic rings. The Bertz CT molecular complexity index is 1140. The number of hydrogen-bond donors (Lipinski definition) is 0. The van der Waals surface area contributed by atoms with Gasteiger partial charge in [0.2, 0.25) is 0 Å². The highest BCUT2D eigenvalue weighted by Crippen LogP contribution is 2.54. The predicted molar refractivity (Wildman–Crippen MR) is 127 cm³/mol. The lowest BCUT2D eigenvalue weighted by atomic mass is 9.85. The third-order valence-electron chi connectivity index (χ3n) is 5.42. The van der Waals surface area contributed by atoms with E-state index in [1.165, 1.54) is 22.3 Å². The first-order valence-corrected chi connectivity index (χ1v) is 12.5. The van der Waals surface area contributed by atoms with Crippen LogP contribution in [0.15, 0.2) is 48.5 Å². The van der Waals surface area contributed by atoms with Crippen LogP contribution >= 0.6 is 0 Å². The van der Waals surface area contributed by atoms with Crippen molar-refractivity contribution in [2.75, 3.05) is 7.11 Å². The van der Waals surface area contributed by atoms with Crippen molar-refractivity contribution in [2.45, 2.75) is 75.6 Å². The monoisotopic (exact) mass is 596 g/mol. The maximum Gasteiger partial charge on any atom is 0.460 e. The molecule has 0 aliphatic heterocycles. The lowest BCUT2D eigenvalue weighted by molar-refractivity contribution is -0.384. The van der Waals surface area contributed by atoms with Crippen molar-refractivity contribution in [3.63, 3.8) is 0 Å². The molecule has 0 unspecified atom stereocenters. The Hall–Kier alpha value is -2.32. The van der Waals surface area contributed by atoms with E-state index in [1.54, 1.807) is 0 Å². The van der Waals surface area contributed by atoms with Gasteiger partial charge < -0.3 is 0 Å². The Morgan fingerprint density at radius 1 is 0.564 bits per heavy atom. The van der Waals surface area contributed by atoms with E-state index in [4.69, 9.17) is 0 Å². The topological polar surface area (TPSA) is 52.6 Å². The van der Waals surface area contributed by atoms with Crippen molar-refractivity contribution in [3.05, 3.63) is 59.7 Å². The van der Waals surface area contributed by atoms with Gasteiger partial charge in [-0.15, -0.1) is 4.33 Å². The summed E-state index contributed by atoms with van der Waals surface area (Å²) in [5.74, 6) is -14.6. The Morgan fingerprint density at radius 3 is 1.10 bits per heavy atom. The van der Waals surface area contributed by atoms with Crippen molar-refractivity contribution >= 4 is 10.1 Å². The number of hydrogen-bond acceptors (Lipinski definition) is 4. The summed E-state index contributed by atoms with van der Waals surface area (Å²) in [5, 5.41) is -6.89. The minimum Gasteiger partial charge on any atom is -0.223 e. The lowest BCUT2D eigenvalue weighted by Gasteiger charge is -2.32. The second-order valence-corrected chi connectivity index (χ2v) is 12.1. The molecule has 0 radical (unpaired) electrons. The van der Waals surface area contributed by atoms with Gasteiger partial charge in [-0.3, -0.25) is 0 Å². The maximum absolute atomic E-state index is 12.7. The Kier molecular flexibility index (Phi) is 10.0. The first kappa shape index (κ1) is 34.7. The molecule has 0 bridgehead atoms. The molecular formula is C25H29F9O4S. The van der Waals surface area contributed by atoms with Gasteiger partial charge in [0.1, 0.15) is 0 Å². The summed E-state index contributed by atoms with van der Waals surface area (Å²) in [7, 11) is -6.68. The molecule has 0 saturated heterocycles. The largest absolute Gasteiger partial charge is 0.460 e. The van der Waals surface area contributed by atoms with E-state index in [1.807, 2.05) is 0 Å². The summed E-state index contributed by atoms with van der Waals surface area (Å²) >= 11 is 0. The molecule has 0 heterocycles. The van der Waals surface area contributed by atoms with Crippen LogP contribution in [0.3, 0.4) is 0 Å². The van der Waals surface area contributed by atoms with Crippen LogP contribution < -0.4 is 0 Å². The van der Waals surface area contributed by atoms with E-state index in [0.717, 1.165) is 0 Å². The Morgan fingerprint density at radius 2 is 0.872 bits per heavy atom. The minimum absolute atomic E-state index is 0.216. The van der Waals surface area contributed by atoms with E-state index < -0.39 is 33.4 Å².